The summed E-state index contributed by atoms with van der Waals surface area (Å²) in [6.07, 6.45) is -0.557. The Morgan fingerprint density at radius 3 is 0.980 bits per heavy atom. The van der Waals surface area contributed by atoms with E-state index in [1.165, 1.54) is 49.2 Å². The van der Waals surface area contributed by atoms with Crippen molar-refractivity contribution in [2.45, 2.75) is 140 Å². The molecule has 9 aromatic rings. The number of phenols is 2. The zero-order valence-electron chi connectivity index (χ0n) is 59.4. The number of aryl methyl sites for hydroxylation is 3. The van der Waals surface area contributed by atoms with Crippen LogP contribution in [-0.4, -0.2) is 36.0 Å². The molecule has 2 atom stereocenters. The average Bonchev–Trinajstić information content (AvgIpc) is 0.841. The van der Waals surface area contributed by atoms with Crippen molar-refractivity contribution in [1.29, 1.82) is 0 Å². The normalized spacial score (nSPS) is 11.5. The topological polar surface area (TPSA) is 95.8 Å². The Kier molecular flexibility index (Phi) is 43.4. The van der Waals surface area contributed by atoms with Gasteiger partial charge in [0.1, 0.15) is 51.8 Å². The van der Waals surface area contributed by atoms with Crippen LogP contribution >= 0.6 is 136 Å². The molecule has 0 aliphatic heterocycles. The Labute approximate surface area is 743 Å². The summed E-state index contributed by atoms with van der Waals surface area (Å²) in [5.41, 5.74) is 8.28. The zero-order chi connectivity index (χ0) is 70.1. The van der Waals surface area contributed by atoms with Crippen LogP contribution in [0.4, 0.5) is 4.39 Å². The van der Waals surface area contributed by atoms with E-state index in [4.69, 9.17) is 28.4 Å². The van der Waals surface area contributed by atoms with E-state index in [1.807, 2.05) is 65.0 Å². The van der Waals surface area contributed by atoms with Gasteiger partial charge in [-0.1, -0.05) is 98.7 Å². The summed E-state index contributed by atoms with van der Waals surface area (Å²) >= 11 is 12.4. The van der Waals surface area contributed by atoms with Gasteiger partial charge in [0.15, 0.2) is 34.0 Å². The Bertz CT molecular complexity index is 4010. The second-order valence-electron chi connectivity index (χ2n) is 24.9. The van der Waals surface area contributed by atoms with Gasteiger partial charge < -0.3 is 77.3 Å². The first-order valence-corrected chi connectivity index (χ1v) is 43.6. The van der Waals surface area contributed by atoms with Crippen molar-refractivity contribution < 1.29 is 175 Å². The third kappa shape index (κ3) is 31.7. The van der Waals surface area contributed by atoms with Gasteiger partial charge in [0, 0.05) is 29.9 Å². The quantitative estimate of drug-likeness (QED) is 0.0770. The van der Waals surface area contributed by atoms with Crippen LogP contribution in [-0.2, 0) is 25.7 Å². The third-order valence-corrected chi connectivity index (χ3v) is 28.5. The van der Waals surface area contributed by atoms with Crippen LogP contribution < -0.4 is 149 Å². The van der Waals surface area contributed by atoms with Gasteiger partial charge in [-0.05, 0) is 344 Å². The van der Waals surface area contributed by atoms with E-state index in [0.29, 0.717) is 13.2 Å². The van der Waals surface area contributed by atoms with Crippen LogP contribution in [0.5, 0.6) is 46.0 Å². The average molecular weight is 2430 g/mol. The van der Waals surface area contributed by atoms with Crippen LogP contribution in [0.25, 0.3) is 0 Å². The van der Waals surface area contributed by atoms with Crippen LogP contribution in [0.15, 0.2) is 164 Å². The molecule has 0 aliphatic rings. The number of hydrogen-bond acceptors (Lipinski definition) is 8. The zero-order valence-corrected chi connectivity index (χ0v) is 82.1. The minimum Gasteiger partial charge on any atom is -1.00 e. The number of benzene rings is 9. The van der Waals surface area contributed by atoms with Crippen molar-refractivity contribution >= 4 is 136 Å². The predicted octanol–water partition coefficient (Wildman–Crippen LogP) is 2.36. The first-order valence-electron chi connectivity index (χ1n) is 30.6. The van der Waals surface area contributed by atoms with E-state index in [2.05, 4.69) is 315 Å². The van der Waals surface area contributed by atoms with E-state index in [-0.39, 0.29) is 178 Å². The second kappa shape index (κ2) is 45.1. The van der Waals surface area contributed by atoms with Crippen LogP contribution in [0.2, 0.25) is 0 Å². The molecule has 9 aromatic carbocycles. The van der Waals surface area contributed by atoms with E-state index < -0.39 is 0 Å². The van der Waals surface area contributed by atoms with Gasteiger partial charge in [0.2, 0.25) is 0 Å². The number of halogens is 13. The molecule has 0 radical (unpaired) electrons. The molecule has 0 bridgehead atoms. The summed E-state index contributed by atoms with van der Waals surface area (Å²) in [5, 5.41) is 19.3. The van der Waals surface area contributed by atoms with E-state index in [9.17, 15) is 14.6 Å². The van der Waals surface area contributed by atoms with Crippen molar-refractivity contribution in [1.82, 2.24) is 0 Å². The van der Waals surface area contributed by atoms with Gasteiger partial charge in [-0.15, -0.1) is 0 Å². The second-order valence-corrected chi connectivity index (χ2v) is 40.8. The minimum absolute atomic E-state index is 0. The molecule has 9 rings (SSSR count). The maximum Gasteiger partial charge on any atom is 1.00 e. The van der Waals surface area contributed by atoms with Gasteiger partial charge in [-0.2, -0.15) is 0 Å². The Balaban J connectivity index is 0.000000681. The Morgan fingerprint density at radius 1 is 0.394 bits per heavy atom. The summed E-state index contributed by atoms with van der Waals surface area (Å²) in [6.45, 7) is 35.4. The molecular weight excluding hydrogens is 2340 g/mol. The summed E-state index contributed by atoms with van der Waals surface area (Å²) in [7, 11) is 0. The monoisotopic (exact) mass is 2430 g/mol. The number of aromatic hydroxyl groups is 2. The predicted molar refractivity (Wildman–Crippen MR) is 425 cm³/mol. The Morgan fingerprint density at radius 2 is 0.667 bits per heavy atom. The molecular formula is C77H84Cl3FI9NaO8. The SMILES string of the molecule is CCOC(C)Oc1cc(I)c(O)cc1I.CCOC(C)Oc1cc(I)c(Oc2ccc([I+]c3ccc(C(C)(C)C)cc3)c(C)c2)cc1I.Cc1cc(F)ccc1[I+]c1ccc(C(C)(C)C)cc1.Cc1cc(Oc2cc(I)c(O)cc2I)ccc1[I+]c1ccc(C(C)(C)C)cc1.[Cl-].[Cl-].[Cl-].[H-].[Na+]. The molecule has 0 aromatic heterocycles. The molecule has 99 heavy (non-hydrogen) atoms. The van der Waals surface area contributed by atoms with E-state index in [0.717, 1.165) is 61.5 Å². The van der Waals surface area contributed by atoms with E-state index >= 15 is 0 Å². The van der Waals surface area contributed by atoms with Gasteiger partial charge in [-0.25, -0.2) is 4.39 Å². The molecule has 0 fully saturated rings. The fourth-order valence-corrected chi connectivity index (χ4v) is 18.8. The van der Waals surface area contributed by atoms with Gasteiger partial charge >= 0.3 is 93.2 Å². The minimum atomic E-state index is -0.283. The smallest absolute Gasteiger partial charge is 1.00 e. The number of hydrogen-bond donors (Lipinski definition) is 2. The molecule has 22 heteroatoms. The van der Waals surface area contributed by atoms with Crippen molar-refractivity contribution in [3.05, 3.63) is 246 Å². The molecule has 0 saturated heterocycles. The largest absolute Gasteiger partial charge is 1.00 e. The molecule has 0 aliphatic carbocycles. The molecule has 0 spiro atoms. The van der Waals surface area contributed by atoms with Gasteiger partial charge in [0.05, 0.1) is 21.4 Å². The van der Waals surface area contributed by atoms with Crippen molar-refractivity contribution in [2.24, 2.45) is 0 Å². The van der Waals surface area contributed by atoms with Gasteiger partial charge in [0.25, 0.3) is 0 Å². The van der Waals surface area contributed by atoms with Crippen molar-refractivity contribution in [2.75, 3.05) is 13.2 Å². The fourth-order valence-electron chi connectivity index (χ4n) is 8.71. The van der Waals surface area contributed by atoms with Crippen LogP contribution in [0, 0.1) is 69.4 Å². The number of rotatable bonds is 18. The summed E-state index contributed by atoms with van der Waals surface area (Å²) < 4.78 is 61.3. The molecule has 532 valence electrons. The maximum atomic E-state index is 13.1. The van der Waals surface area contributed by atoms with Crippen molar-refractivity contribution in [3.63, 3.8) is 0 Å². The van der Waals surface area contributed by atoms with Gasteiger partial charge in [-0.3, -0.25) is 0 Å². The molecule has 2 N–H and O–H groups in total. The van der Waals surface area contributed by atoms with Crippen molar-refractivity contribution in [3.8, 4) is 46.0 Å². The number of phenolic OH excluding ortho intramolecular Hbond substituents is 2. The molecule has 0 saturated carbocycles. The molecule has 8 nitrogen and oxygen atoms in total. The Hall–Kier alpha value is 0.0700. The van der Waals surface area contributed by atoms with Crippen LogP contribution in [0.1, 0.15) is 125 Å². The third-order valence-electron chi connectivity index (χ3n) is 14.0. The fraction of sp³-hybridized carbons (Fsp3) is 0.299. The van der Waals surface area contributed by atoms with Crippen LogP contribution in [0.3, 0.4) is 0 Å². The van der Waals surface area contributed by atoms with E-state index in [1.54, 1.807) is 30.3 Å². The molecule has 2 unspecified atom stereocenters. The number of ether oxygens (including phenoxy) is 6. The first-order chi connectivity index (χ1) is 44.6. The molecule has 0 amide bonds. The standard InChI is InChI=1S/C27H30I3O3.C23H21I3O2.C17H19FI.C10H12I2O3.3ClH.Na.H/c1-7-31-18(3)32-25-15-23(29)26(16-22(25)28)33-21-12-13-24(17(2)14-21)30-20-10-8-19(9-11-20)27(4,5)6;1-14-11-17(28-22-13-18(24)21(27)12-19(22)25)9-10-20(14)26-16-7-5-15(6-8-16)23(2,3)4;1-12-11-14(18)7-10-16(12)19-15-8-5-13(6-9-15)17(2,3)4;1-3-14-6(2)15-10-5-7(11)9(13)4-8(10)12;;;;;/h8-16,18H,7H2,1-6H3;5-13H,1-4H3;5-11H,1-4H3;4-6,13H,3H2,1-2H3;3*1H;;/q+1;;+1;;;;;+1;-1/p-2. The summed E-state index contributed by atoms with van der Waals surface area (Å²) in [5.74, 6) is 5.23. The maximum absolute atomic E-state index is 13.1. The summed E-state index contributed by atoms with van der Waals surface area (Å²) in [6, 6.07) is 56.0. The summed E-state index contributed by atoms with van der Waals surface area (Å²) in [4.78, 5) is 0. The molecule has 0 heterocycles. The first kappa shape index (κ1) is 95.1.